The van der Waals surface area contributed by atoms with E-state index in [4.69, 9.17) is 14.0 Å². The molecule has 1 rings (SSSR count). The standard InChI is InChI=1S/C10H17BO4S/c1-16(13,14)9-5-3-2-4-8(9)10(12)15-7-6-11/h8-9H,2-7H2,1H3/i6D. The highest BCUT2D eigenvalue weighted by Crippen LogP contribution is 2.30. The van der Waals surface area contributed by atoms with Crippen LogP contribution in [-0.2, 0) is 19.4 Å². The molecule has 16 heavy (non-hydrogen) atoms. The van der Waals surface area contributed by atoms with Crippen molar-refractivity contribution in [3.05, 3.63) is 0 Å². The third kappa shape index (κ3) is 3.51. The van der Waals surface area contributed by atoms with E-state index >= 15 is 0 Å². The molecular formula is C10H17BO4S. The van der Waals surface area contributed by atoms with Gasteiger partial charge < -0.3 is 4.74 Å². The van der Waals surface area contributed by atoms with Crippen molar-refractivity contribution in [2.75, 3.05) is 12.9 Å². The number of sulfone groups is 1. The molecule has 3 unspecified atom stereocenters. The van der Waals surface area contributed by atoms with Crippen molar-refractivity contribution in [3.8, 4) is 0 Å². The molecule has 1 aliphatic carbocycles. The van der Waals surface area contributed by atoms with E-state index in [-0.39, 0.29) is 6.61 Å². The highest BCUT2D eigenvalue weighted by molar-refractivity contribution is 7.91. The van der Waals surface area contributed by atoms with Gasteiger partial charge in [0, 0.05) is 7.63 Å². The summed E-state index contributed by atoms with van der Waals surface area (Å²) in [7, 11) is 1.92. The van der Waals surface area contributed by atoms with Crippen LogP contribution in [0.5, 0.6) is 0 Å². The van der Waals surface area contributed by atoms with Gasteiger partial charge in [-0.15, -0.1) is 0 Å². The maximum atomic E-state index is 11.7. The molecule has 0 aromatic heterocycles. The lowest BCUT2D eigenvalue weighted by Gasteiger charge is -2.28. The Hall–Kier alpha value is -0.515. The summed E-state index contributed by atoms with van der Waals surface area (Å²) in [6, 6.07) is 0. The Morgan fingerprint density at radius 2 is 2.12 bits per heavy atom. The van der Waals surface area contributed by atoms with Crippen LogP contribution in [0, 0.1) is 5.92 Å². The smallest absolute Gasteiger partial charge is 0.310 e. The minimum atomic E-state index is -3.24. The van der Waals surface area contributed by atoms with Gasteiger partial charge in [0.05, 0.1) is 25.6 Å². The largest absolute Gasteiger partial charge is 0.466 e. The molecule has 1 aliphatic rings. The molecule has 0 saturated heterocycles. The average Bonchev–Trinajstić information content (AvgIpc) is 2.24. The van der Waals surface area contributed by atoms with Crippen LogP contribution in [0.15, 0.2) is 0 Å². The number of esters is 1. The molecule has 0 aromatic carbocycles. The molecule has 1 fully saturated rings. The van der Waals surface area contributed by atoms with Gasteiger partial charge in [0.2, 0.25) is 0 Å². The fourth-order valence-corrected chi connectivity index (χ4v) is 3.56. The van der Waals surface area contributed by atoms with Gasteiger partial charge in [-0.2, -0.15) is 0 Å². The SMILES string of the molecule is [2H]C([B])COC(=O)C1CCCCC1S(C)(=O)=O. The predicted octanol–water partition coefficient (Wildman–Crippen LogP) is 0.720. The molecule has 2 radical (unpaired) electrons. The molecule has 3 atom stereocenters. The number of carbonyl (C=O) groups excluding carboxylic acids is 1. The Balaban J connectivity index is 2.68. The Morgan fingerprint density at radius 3 is 2.69 bits per heavy atom. The zero-order valence-corrected chi connectivity index (χ0v) is 10.2. The Bertz CT molecular complexity index is 369. The zero-order valence-electron chi connectivity index (χ0n) is 10.4. The van der Waals surface area contributed by atoms with Crippen molar-refractivity contribution >= 4 is 23.7 Å². The van der Waals surface area contributed by atoms with Crippen molar-refractivity contribution in [1.82, 2.24) is 0 Å². The Kier molecular flexibility index (Phi) is 4.26. The second-order valence-corrected chi connectivity index (χ2v) is 6.39. The van der Waals surface area contributed by atoms with Gasteiger partial charge >= 0.3 is 5.97 Å². The van der Waals surface area contributed by atoms with Crippen molar-refractivity contribution < 1.29 is 19.3 Å². The number of ether oxygens (including phenoxy) is 1. The Morgan fingerprint density at radius 1 is 1.50 bits per heavy atom. The third-order valence-corrected chi connectivity index (χ3v) is 4.54. The van der Waals surface area contributed by atoms with E-state index in [1.807, 2.05) is 0 Å². The van der Waals surface area contributed by atoms with Crippen LogP contribution in [0.25, 0.3) is 0 Å². The average molecular weight is 245 g/mol. The normalized spacial score (nSPS) is 29.2. The first-order valence-electron chi connectivity index (χ1n) is 5.93. The molecule has 90 valence electrons. The molecule has 0 spiro atoms. The van der Waals surface area contributed by atoms with Crippen LogP contribution in [0.1, 0.15) is 27.1 Å². The van der Waals surface area contributed by atoms with Crippen LogP contribution in [0.2, 0.25) is 6.30 Å². The van der Waals surface area contributed by atoms with E-state index in [1.165, 1.54) is 0 Å². The number of rotatable bonds is 4. The van der Waals surface area contributed by atoms with Crippen LogP contribution in [-0.4, -0.2) is 40.3 Å². The molecule has 0 N–H and O–H groups in total. The van der Waals surface area contributed by atoms with Crippen molar-refractivity contribution in [2.45, 2.75) is 37.2 Å². The van der Waals surface area contributed by atoms with Crippen molar-refractivity contribution in [2.24, 2.45) is 5.92 Å². The highest BCUT2D eigenvalue weighted by atomic mass is 32.2. The molecule has 4 nitrogen and oxygen atoms in total. The second-order valence-electron chi connectivity index (χ2n) is 4.12. The summed E-state index contributed by atoms with van der Waals surface area (Å²) in [5.74, 6) is -1.14. The zero-order chi connectivity index (χ0) is 13.1. The maximum absolute atomic E-state index is 11.7. The van der Waals surface area contributed by atoms with Gasteiger partial charge in [0.15, 0.2) is 9.84 Å². The van der Waals surface area contributed by atoms with Gasteiger partial charge in [0.25, 0.3) is 0 Å². The lowest BCUT2D eigenvalue weighted by Crippen LogP contribution is -2.38. The summed E-state index contributed by atoms with van der Waals surface area (Å²) in [6.07, 6.45) is 2.87. The minimum Gasteiger partial charge on any atom is -0.466 e. The first kappa shape index (κ1) is 12.0. The van der Waals surface area contributed by atoms with Crippen LogP contribution < -0.4 is 0 Å². The summed E-state index contributed by atoms with van der Waals surface area (Å²) in [5.41, 5.74) is 0. The molecule has 1 saturated carbocycles. The molecule has 0 aliphatic heterocycles. The molecule has 6 heteroatoms. The van der Waals surface area contributed by atoms with E-state index in [0.29, 0.717) is 12.8 Å². The van der Waals surface area contributed by atoms with Gasteiger partial charge in [0.1, 0.15) is 0 Å². The maximum Gasteiger partial charge on any atom is 0.310 e. The summed E-state index contributed by atoms with van der Waals surface area (Å²) in [4.78, 5) is 11.7. The number of hydrogen-bond donors (Lipinski definition) is 0. The monoisotopic (exact) mass is 245 g/mol. The van der Waals surface area contributed by atoms with Gasteiger partial charge in [-0.25, -0.2) is 8.42 Å². The quantitative estimate of drug-likeness (QED) is 0.541. The fourth-order valence-electron chi connectivity index (χ4n) is 2.12. The lowest BCUT2D eigenvalue weighted by molar-refractivity contribution is -0.148. The summed E-state index contributed by atoms with van der Waals surface area (Å²) < 4.78 is 35.0. The van der Waals surface area contributed by atoms with E-state index in [1.54, 1.807) is 0 Å². The molecule has 0 heterocycles. The van der Waals surface area contributed by atoms with Crippen LogP contribution >= 0.6 is 0 Å². The van der Waals surface area contributed by atoms with Crippen molar-refractivity contribution in [1.29, 1.82) is 0 Å². The molecule has 0 bridgehead atoms. The van der Waals surface area contributed by atoms with Gasteiger partial charge in [-0.3, -0.25) is 4.79 Å². The summed E-state index contributed by atoms with van der Waals surface area (Å²) >= 11 is 0. The van der Waals surface area contributed by atoms with Gasteiger partial charge in [-0.05, 0) is 12.8 Å². The highest BCUT2D eigenvalue weighted by Gasteiger charge is 2.38. The van der Waals surface area contributed by atoms with Crippen LogP contribution in [0.3, 0.4) is 0 Å². The number of carbonyl (C=O) groups is 1. The van der Waals surface area contributed by atoms with Crippen molar-refractivity contribution in [3.63, 3.8) is 0 Å². The van der Waals surface area contributed by atoms with E-state index in [2.05, 4.69) is 0 Å². The summed E-state index contributed by atoms with van der Waals surface area (Å²) in [6.45, 7) is -0.189. The van der Waals surface area contributed by atoms with E-state index < -0.39 is 33.3 Å². The lowest BCUT2D eigenvalue weighted by atomic mass is 9.89. The van der Waals surface area contributed by atoms with Gasteiger partial charge in [-0.1, -0.05) is 19.1 Å². The molecular weight excluding hydrogens is 227 g/mol. The topological polar surface area (TPSA) is 60.4 Å². The summed E-state index contributed by atoms with van der Waals surface area (Å²) in [5, 5.41) is -0.647. The first-order valence-corrected chi connectivity index (χ1v) is 7.31. The number of hydrogen-bond acceptors (Lipinski definition) is 4. The van der Waals surface area contributed by atoms with E-state index in [9.17, 15) is 13.2 Å². The minimum absolute atomic E-state index is 0.189. The van der Waals surface area contributed by atoms with Crippen LogP contribution in [0.4, 0.5) is 0 Å². The van der Waals surface area contributed by atoms with E-state index in [0.717, 1.165) is 19.1 Å². The fraction of sp³-hybridized carbons (Fsp3) is 0.900. The Labute approximate surface area is 99.5 Å². The molecule has 0 amide bonds. The first-order chi connectivity index (χ1) is 7.82. The molecule has 0 aromatic rings. The second kappa shape index (κ2) is 5.71. The third-order valence-electron chi connectivity index (χ3n) is 2.88. The predicted molar refractivity (Wildman–Crippen MR) is 62.1 cm³/mol.